The van der Waals surface area contributed by atoms with Gasteiger partial charge in [-0.2, -0.15) is 0 Å². The van der Waals surface area contributed by atoms with Crippen LogP contribution >= 0.6 is 0 Å². The smallest absolute Gasteiger partial charge is 0.161 e. The molecule has 1 heterocycles. The van der Waals surface area contributed by atoms with E-state index >= 15 is 0 Å². The first-order valence-electron chi connectivity index (χ1n) is 7.29. The zero-order valence-electron chi connectivity index (χ0n) is 11.8. The van der Waals surface area contributed by atoms with E-state index in [2.05, 4.69) is 5.32 Å². The van der Waals surface area contributed by atoms with Crippen molar-refractivity contribution in [2.75, 3.05) is 32.9 Å². The zero-order chi connectivity index (χ0) is 14.2. The summed E-state index contributed by atoms with van der Waals surface area (Å²) in [5.74, 6) is 1.60. The first-order valence-corrected chi connectivity index (χ1v) is 7.29. The quantitative estimate of drug-likeness (QED) is 0.624. The molecule has 1 aliphatic rings. The molecular formula is C15H24N2O3. The summed E-state index contributed by atoms with van der Waals surface area (Å²) in [6.45, 7) is 2.91. The summed E-state index contributed by atoms with van der Waals surface area (Å²) in [6, 6.07) is 6.11. The van der Waals surface area contributed by atoms with Crippen LogP contribution in [0.1, 0.15) is 30.9 Å². The molecule has 0 saturated heterocycles. The Morgan fingerprint density at radius 1 is 1.15 bits per heavy atom. The molecule has 1 aromatic rings. The van der Waals surface area contributed by atoms with Crippen LogP contribution < -0.4 is 20.5 Å². The molecule has 1 unspecified atom stereocenters. The molecule has 5 heteroatoms. The Morgan fingerprint density at radius 3 is 2.70 bits per heavy atom. The number of nitrogens with two attached hydrogens (primary N) is 1. The Balaban J connectivity index is 1.90. The van der Waals surface area contributed by atoms with Crippen LogP contribution in [0.15, 0.2) is 18.2 Å². The molecule has 0 spiro atoms. The minimum Gasteiger partial charge on any atom is -0.486 e. The van der Waals surface area contributed by atoms with Crippen LogP contribution in [-0.4, -0.2) is 38.0 Å². The van der Waals surface area contributed by atoms with Crippen LogP contribution in [-0.2, 0) is 0 Å². The van der Waals surface area contributed by atoms with Gasteiger partial charge >= 0.3 is 0 Å². The van der Waals surface area contributed by atoms with E-state index in [-0.39, 0.29) is 12.6 Å². The van der Waals surface area contributed by atoms with Gasteiger partial charge < -0.3 is 25.6 Å². The first-order chi connectivity index (χ1) is 9.85. The van der Waals surface area contributed by atoms with E-state index < -0.39 is 0 Å². The number of hydrogen-bond donors (Lipinski definition) is 3. The molecule has 2 rings (SSSR count). The van der Waals surface area contributed by atoms with Gasteiger partial charge in [0, 0.05) is 19.2 Å². The summed E-state index contributed by atoms with van der Waals surface area (Å²) in [5, 5.41) is 12.2. The first kappa shape index (κ1) is 15.1. The van der Waals surface area contributed by atoms with Gasteiger partial charge in [0.25, 0.3) is 0 Å². The minimum atomic E-state index is 0.125. The molecule has 1 aliphatic heterocycles. The van der Waals surface area contributed by atoms with E-state index in [1.807, 2.05) is 18.2 Å². The van der Waals surface area contributed by atoms with Gasteiger partial charge in [0.15, 0.2) is 11.5 Å². The highest BCUT2D eigenvalue weighted by molar-refractivity contribution is 5.44. The van der Waals surface area contributed by atoms with Crippen LogP contribution in [0.3, 0.4) is 0 Å². The third-order valence-corrected chi connectivity index (χ3v) is 3.43. The lowest BCUT2D eigenvalue weighted by atomic mass is 10.1. The normalized spacial score (nSPS) is 15.1. The van der Waals surface area contributed by atoms with Gasteiger partial charge in [-0.05, 0) is 43.5 Å². The van der Waals surface area contributed by atoms with E-state index in [0.29, 0.717) is 19.8 Å². The second kappa shape index (κ2) is 8.09. The monoisotopic (exact) mass is 280 g/mol. The van der Waals surface area contributed by atoms with Gasteiger partial charge in [-0.3, -0.25) is 0 Å². The van der Waals surface area contributed by atoms with Crippen molar-refractivity contribution in [3.63, 3.8) is 0 Å². The Morgan fingerprint density at radius 2 is 1.95 bits per heavy atom. The fraction of sp³-hybridized carbons (Fsp3) is 0.600. The fourth-order valence-corrected chi connectivity index (χ4v) is 2.30. The maximum atomic E-state index is 8.75. The summed E-state index contributed by atoms with van der Waals surface area (Å²) in [6.07, 6.45) is 2.93. The molecule has 1 atom stereocenters. The summed E-state index contributed by atoms with van der Waals surface area (Å²) in [5.41, 5.74) is 6.97. The standard InChI is InChI=1S/C15H24N2O3/c16-11-13(17-6-2-1-3-7-18)12-4-5-14-15(10-12)20-9-8-19-14/h4-5,10,13,17-18H,1-3,6-9,11,16H2. The average Bonchev–Trinajstić information content (AvgIpc) is 2.50. The molecule has 0 bridgehead atoms. The van der Waals surface area contributed by atoms with Crippen molar-refractivity contribution >= 4 is 0 Å². The number of ether oxygens (including phenoxy) is 2. The Hall–Kier alpha value is -1.30. The number of benzene rings is 1. The lowest BCUT2D eigenvalue weighted by Gasteiger charge is -2.22. The largest absolute Gasteiger partial charge is 0.486 e. The van der Waals surface area contributed by atoms with Crippen LogP contribution in [0.2, 0.25) is 0 Å². The van der Waals surface area contributed by atoms with Crippen molar-refractivity contribution in [2.24, 2.45) is 5.73 Å². The molecule has 0 fully saturated rings. The van der Waals surface area contributed by atoms with Gasteiger partial charge in [0.1, 0.15) is 13.2 Å². The molecule has 0 aromatic heterocycles. The van der Waals surface area contributed by atoms with Gasteiger partial charge in [0.05, 0.1) is 0 Å². The van der Waals surface area contributed by atoms with Gasteiger partial charge in [-0.1, -0.05) is 6.07 Å². The molecule has 0 saturated carbocycles. The number of aliphatic hydroxyl groups is 1. The van der Waals surface area contributed by atoms with Crippen LogP contribution in [0, 0.1) is 0 Å². The number of fused-ring (bicyclic) bond motifs is 1. The zero-order valence-corrected chi connectivity index (χ0v) is 11.8. The van der Waals surface area contributed by atoms with Crippen LogP contribution in [0.25, 0.3) is 0 Å². The van der Waals surface area contributed by atoms with E-state index in [4.69, 9.17) is 20.3 Å². The SMILES string of the molecule is NCC(NCCCCCO)c1ccc2c(c1)OCCO2. The highest BCUT2D eigenvalue weighted by Gasteiger charge is 2.15. The van der Waals surface area contributed by atoms with Crippen molar-refractivity contribution in [3.8, 4) is 11.5 Å². The molecule has 0 aliphatic carbocycles. The highest BCUT2D eigenvalue weighted by Crippen LogP contribution is 2.32. The molecule has 5 nitrogen and oxygen atoms in total. The fourth-order valence-electron chi connectivity index (χ4n) is 2.30. The summed E-state index contributed by atoms with van der Waals surface area (Å²) < 4.78 is 11.1. The highest BCUT2D eigenvalue weighted by atomic mass is 16.6. The molecule has 0 radical (unpaired) electrons. The number of aliphatic hydroxyl groups excluding tert-OH is 1. The lowest BCUT2D eigenvalue weighted by Crippen LogP contribution is -2.29. The predicted octanol–water partition coefficient (Wildman–Crippen LogP) is 1.21. The van der Waals surface area contributed by atoms with E-state index in [1.54, 1.807) is 0 Å². The maximum Gasteiger partial charge on any atom is 0.161 e. The number of rotatable bonds is 8. The molecule has 20 heavy (non-hydrogen) atoms. The van der Waals surface area contributed by atoms with E-state index in [0.717, 1.165) is 42.9 Å². The van der Waals surface area contributed by atoms with Crippen molar-refractivity contribution in [1.29, 1.82) is 0 Å². The summed E-state index contributed by atoms with van der Waals surface area (Å²) in [4.78, 5) is 0. The van der Waals surface area contributed by atoms with E-state index in [9.17, 15) is 0 Å². The van der Waals surface area contributed by atoms with E-state index in [1.165, 1.54) is 0 Å². The predicted molar refractivity (Wildman–Crippen MR) is 78.2 cm³/mol. The second-order valence-corrected chi connectivity index (χ2v) is 4.93. The van der Waals surface area contributed by atoms with Crippen LogP contribution in [0.5, 0.6) is 11.5 Å². The third-order valence-electron chi connectivity index (χ3n) is 3.43. The molecule has 112 valence electrons. The number of hydrogen-bond acceptors (Lipinski definition) is 5. The third kappa shape index (κ3) is 4.10. The molecular weight excluding hydrogens is 256 g/mol. The van der Waals surface area contributed by atoms with Gasteiger partial charge in [-0.15, -0.1) is 0 Å². The van der Waals surface area contributed by atoms with Crippen LogP contribution in [0.4, 0.5) is 0 Å². The number of nitrogens with one attached hydrogen (secondary N) is 1. The van der Waals surface area contributed by atoms with Crippen molar-refractivity contribution < 1.29 is 14.6 Å². The summed E-state index contributed by atoms with van der Waals surface area (Å²) in [7, 11) is 0. The topological polar surface area (TPSA) is 76.7 Å². The second-order valence-electron chi connectivity index (χ2n) is 4.93. The Labute approximate surface area is 120 Å². The Bertz CT molecular complexity index is 412. The van der Waals surface area contributed by atoms with Crippen molar-refractivity contribution in [1.82, 2.24) is 5.32 Å². The molecule has 0 amide bonds. The molecule has 4 N–H and O–H groups in total. The Kier molecular flexibility index (Phi) is 6.11. The number of unbranched alkanes of at least 4 members (excludes halogenated alkanes) is 2. The maximum absolute atomic E-state index is 8.75. The van der Waals surface area contributed by atoms with Crippen molar-refractivity contribution in [3.05, 3.63) is 23.8 Å². The average molecular weight is 280 g/mol. The van der Waals surface area contributed by atoms with Gasteiger partial charge in [-0.25, -0.2) is 0 Å². The molecule has 1 aromatic carbocycles. The van der Waals surface area contributed by atoms with Gasteiger partial charge in [0.2, 0.25) is 0 Å². The van der Waals surface area contributed by atoms with Crippen molar-refractivity contribution in [2.45, 2.75) is 25.3 Å². The lowest BCUT2D eigenvalue weighted by molar-refractivity contribution is 0.171. The summed E-state index contributed by atoms with van der Waals surface area (Å²) >= 11 is 0. The minimum absolute atomic E-state index is 0.125.